The molecule has 2 aromatic heterocycles. The largest absolute Gasteiger partial charge is 0.438 e. The Kier molecular flexibility index (Phi) is 2.82. The van der Waals surface area contributed by atoms with Gasteiger partial charge in [-0.25, -0.2) is 0 Å². The van der Waals surface area contributed by atoms with E-state index in [0.717, 1.165) is 0 Å². The summed E-state index contributed by atoms with van der Waals surface area (Å²) in [5, 5.41) is 22.8. The third-order valence-electron chi connectivity index (χ3n) is 3.07. The maximum atomic E-state index is 11.9. The van der Waals surface area contributed by atoms with Crippen molar-refractivity contribution in [1.29, 1.82) is 10.7 Å². The molecule has 0 amide bonds. The molecule has 0 fully saturated rings. The zero-order chi connectivity index (χ0) is 15.1. The van der Waals surface area contributed by atoms with Crippen LogP contribution in [0.5, 0.6) is 0 Å². The summed E-state index contributed by atoms with van der Waals surface area (Å²) < 4.78 is 5.28. The number of H-pyrrole nitrogens is 2. The lowest BCUT2D eigenvalue weighted by Gasteiger charge is -2.07. The van der Waals surface area contributed by atoms with Crippen LogP contribution in [0.2, 0.25) is 5.02 Å². The molecule has 21 heavy (non-hydrogen) atoms. The van der Waals surface area contributed by atoms with Crippen molar-refractivity contribution in [2.24, 2.45) is 0 Å². The van der Waals surface area contributed by atoms with E-state index < -0.39 is 5.56 Å². The second-order valence-electron chi connectivity index (χ2n) is 4.30. The minimum atomic E-state index is -0.490. The van der Waals surface area contributed by atoms with Crippen molar-refractivity contribution in [2.75, 3.05) is 5.73 Å². The highest BCUT2D eigenvalue weighted by molar-refractivity contribution is 6.31. The predicted octanol–water partition coefficient (Wildman–Crippen LogP) is 1.70. The zero-order valence-electron chi connectivity index (χ0n) is 10.5. The van der Waals surface area contributed by atoms with Gasteiger partial charge < -0.3 is 10.2 Å². The Morgan fingerprint density at radius 2 is 2.10 bits per heavy atom. The van der Waals surface area contributed by atoms with Gasteiger partial charge in [-0.3, -0.25) is 20.4 Å². The van der Waals surface area contributed by atoms with Crippen LogP contribution in [0.25, 0.3) is 22.1 Å². The van der Waals surface area contributed by atoms with E-state index >= 15 is 0 Å². The van der Waals surface area contributed by atoms with Crippen LogP contribution in [0, 0.1) is 16.7 Å². The molecule has 0 radical (unpaired) electrons. The molecule has 0 saturated heterocycles. The van der Waals surface area contributed by atoms with Crippen LogP contribution in [0.15, 0.2) is 27.4 Å². The summed E-state index contributed by atoms with van der Waals surface area (Å²) in [7, 11) is 0. The minimum Gasteiger partial charge on any atom is -0.438 e. The Hall–Kier alpha value is -2.98. The fourth-order valence-corrected chi connectivity index (χ4v) is 2.35. The van der Waals surface area contributed by atoms with E-state index in [1.807, 2.05) is 6.07 Å². The average molecular weight is 302 g/mol. The number of aromatic amines is 2. The number of nitrogen functional groups attached to an aromatic ring is 1. The second-order valence-corrected chi connectivity index (χ2v) is 4.74. The van der Waals surface area contributed by atoms with Gasteiger partial charge in [0.25, 0.3) is 5.56 Å². The first-order valence-corrected chi connectivity index (χ1v) is 6.18. The molecular weight excluding hydrogens is 294 g/mol. The van der Waals surface area contributed by atoms with Gasteiger partial charge in [-0.15, -0.1) is 0 Å². The van der Waals surface area contributed by atoms with Crippen LogP contribution in [0.4, 0.5) is 5.82 Å². The number of fused-ring (bicyclic) bond motifs is 1. The standard InChI is InChI=1S/C13H8ClN5O2/c14-5-1-2-8-6(3-5)9(7(4-15)12(17)21-8)10-11(16)18-19-13(10)20/h1-3,17H,(H4,16,18,19,20). The Morgan fingerprint density at radius 3 is 2.71 bits per heavy atom. The van der Waals surface area contributed by atoms with E-state index in [9.17, 15) is 10.1 Å². The third-order valence-corrected chi connectivity index (χ3v) is 3.30. The maximum absolute atomic E-state index is 11.9. The Morgan fingerprint density at radius 1 is 1.33 bits per heavy atom. The fourth-order valence-electron chi connectivity index (χ4n) is 2.18. The van der Waals surface area contributed by atoms with Crippen molar-refractivity contribution in [3.05, 3.63) is 44.7 Å². The van der Waals surface area contributed by atoms with E-state index in [1.54, 1.807) is 18.2 Å². The van der Waals surface area contributed by atoms with Gasteiger partial charge in [-0.2, -0.15) is 5.26 Å². The fraction of sp³-hybridized carbons (Fsp3) is 0. The lowest BCUT2D eigenvalue weighted by molar-refractivity contribution is 0.531. The van der Waals surface area contributed by atoms with Crippen molar-refractivity contribution >= 4 is 28.4 Å². The number of rotatable bonds is 1. The van der Waals surface area contributed by atoms with E-state index in [0.29, 0.717) is 16.0 Å². The quantitative estimate of drug-likeness (QED) is 0.544. The molecule has 0 aliphatic heterocycles. The smallest absolute Gasteiger partial charge is 0.274 e. The first-order chi connectivity index (χ1) is 10.0. The molecule has 0 aliphatic carbocycles. The molecule has 0 unspecified atom stereocenters. The van der Waals surface area contributed by atoms with E-state index in [4.69, 9.17) is 27.2 Å². The topological polar surface area (TPSA) is 135 Å². The van der Waals surface area contributed by atoms with Gasteiger partial charge in [-0.05, 0) is 18.2 Å². The molecule has 7 nitrogen and oxygen atoms in total. The zero-order valence-corrected chi connectivity index (χ0v) is 11.2. The van der Waals surface area contributed by atoms with Crippen LogP contribution in [-0.4, -0.2) is 10.2 Å². The minimum absolute atomic E-state index is 0.0726. The van der Waals surface area contributed by atoms with Crippen LogP contribution < -0.4 is 16.8 Å². The third kappa shape index (κ3) is 1.89. The van der Waals surface area contributed by atoms with Crippen molar-refractivity contribution in [2.45, 2.75) is 0 Å². The molecule has 3 aromatic rings. The molecule has 8 heteroatoms. The molecule has 1 aromatic carbocycles. The van der Waals surface area contributed by atoms with Crippen LogP contribution in [0.1, 0.15) is 5.56 Å². The molecular formula is C13H8ClN5O2. The van der Waals surface area contributed by atoms with Crippen LogP contribution in [-0.2, 0) is 0 Å². The summed E-state index contributed by atoms with van der Waals surface area (Å²) in [4.78, 5) is 11.9. The molecule has 2 heterocycles. The number of halogens is 1. The van der Waals surface area contributed by atoms with E-state index in [2.05, 4.69) is 10.2 Å². The Bertz CT molecular complexity index is 1020. The normalized spacial score (nSPS) is 10.7. The van der Waals surface area contributed by atoms with Gasteiger partial charge >= 0.3 is 0 Å². The second kappa shape index (κ2) is 4.54. The SMILES string of the molecule is N#Cc1c(-c2c(N)[nH][nH]c2=O)c2cc(Cl)ccc2oc1=N. The first kappa shape index (κ1) is 13.0. The number of benzene rings is 1. The van der Waals surface area contributed by atoms with E-state index in [1.165, 1.54) is 0 Å². The molecule has 0 bridgehead atoms. The van der Waals surface area contributed by atoms with Gasteiger partial charge in [0, 0.05) is 16.0 Å². The highest BCUT2D eigenvalue weighted by Crippen LogP contribution is 2.32. The molecule has 104 valence electrons. The van der Waals surface area contributed by atoms with Gasteiger partial charge in [0.2, 0.25) is 5.55 Å². The summed E-state index contributed by atoms with van der Waals surface area (Å²) in [6.45, 7) is 0. The van der Waals surface area contributed by atoms with Gasteiger partial charge in [0.05, 0.1) is 5.56 Å². The molecule has 0 spiro atoms. The molecule has 0 aliphatic rings. The summed E-state index contributed by atoms with van der Waals surface area (Å²) in [5.74, 6) is 0.0726. The number of aromatic nitrogens is 2. The number of nitrogens with one attached hydrogen (secondary N) is 3. The van der Waals surface area contributed by atoms with Crippen LogP contribution in [0.3, 0.4) is 0 Å². The van der Waals surface area contributed by atoms with Gasteiger partial charge in [0.15, 0.2) is 0 Å². The van der Waals surface area contributed by atoms with E-state index in [-0.39, 0.29) is 28.1 Å². The highest BCUT2D eigenvalue weighted by Gasteiger charge is 2.20. The monoisotopic (exact) mass is 301 g/mol. The van der Waals surface area contributed by atoms with Crippen molar-refractivity contribution in [1.82, 2.24) is 10.2 Å². The first-order valence-electron chi connectivity index (χ1n) is 5.80. The number of hydrogen-bond donors (Lipinski definition) is 4. The molecule has 0 atom stereocenters. The molecule has 0 saturated carbocycles. The molecule has 5 N–H and O–H groups in total. The number of anilines is 1. The number of nitriles is 1. The number of nitrogens with zero attached hydrogens (tertiary/aromatic N) is 1. The summed E-state index contributed by atoms with van der Waals surface area (Å²) in [6, 6.07) is 6.59. The summed E-state index contributed by atoms with van der Waals surface area (Å²) in [6.07, 6.45) is 0. The Balaban J connectivity index is 2.62. The number of nitrogens with two attached hydrogens (primary N) is 1. The highest BCUT2D eigenvalue weighted by atomic mass is 35.5. The lowest BCUT2D eigenvalue weighted by Crippen LogP contribution is -2.11. The lowest BCUT2D eigenvalue weighted by atomic mass is 9.99. The predicted molar refractivity (Wildman–Crippen MR) is 76.6 cm³/mol. The van der Waals surface area contributed by atoms with Crippen molar-refractivity contribution in [3.8, 4) is 17.2 Å². The number of hydrogen-bond acceptors (Lipinski definition) is 5. The summed E-state index contributed by atoms with van der Waals surface area (Å²) in [5.41, 5.74) is 5.48. The van der Waals surface area contributed by atoms with Gasteiger partial charge in [-0.1, -0.05) is 11.6 Å². The van der Waals surface area contributed by atoms with Crippen molar-refractivity contribution in [3.63, 3.8) is 0 Å². The average Bonchev–Trinajstić information content (AvgIpc) is 2.77. The van der Waals surface area contributed by atoms with Crippen LogP contribution >= 0.6 is 11.6 Å². The molecule has 3 rings (SSSR count). The maximum Gasteiger partial charge on any atom is 0.274 e. The Labute approximate surface area is 122 Å². The summed E-state index contributed by atoms with van der Waals surface area (Å²) >= 11 is 5.97. The van der Waals surface area contributed by atoms with Gasteiger partial charge in [0.1, 0.15) is 23.0 Å². The van der Waals surface area contributed by atoms with Crippen molar-refractivity contribution < 1.29 is 4.42 Å².